The summed E-state index contributed by atoms with van der Waals surface area (Å²) in [5.41, 5.74) is 0.395. The van der Waals surface area contributed by atoms with E-state index in [1.807, 2.05) is 0 Å². The van der Waals surface area contributed by atoms with E-state index in [2.05, 4.69) is 0 Å². The molecule has 3 N–H and O–H groups in total. The predicted octanol–water partition coefficient (Wildman–Crippen LogP) is 0.843. The van der Waals surface area contributed by atoms with Gasteiger partial charge in [0.15, 0.2) is 6.10 Å². The third kappa shape index (κ3) is 2.93. The largest absolute Gasteiger partial charge is 0.479 e. The van der Waals surface area contributed by atoms with Crippen molar-refractivity contribution in [1.29, 1.82) is 0 Å². The average molecular weight is 222 g/mol. The standard InChI is InChI=1S/C11H10O5/c12-9(11(15)16)6-5-7-3-1-2-4-8(7)10(13)14/h1-6,9,12H,(H,13,14)(H,15,16)/b6-5+. The van der Waals surface area contributed by atoms with Gasteiger partial charge in [0.2, 0.25) is 0 Å². The zero-order valence-electron chi connectivity index (χ0n) is 8.20. The van der Waals surface area contributed by atoms with Crippen LogP contribution in [0.4, 0.5) is 0 Å². The van der Waals surface area contributed by atoms with E-state index in [1.165, 1.54) is 18.2 Å². The van der Waals surface area contributed by atoms with E-state index in [1.54, 1.807) is 12.1 Å². The van der Waals surface area contributed by atoms with Crippen molar-refractivity contribution in [2.24, 2.45) is 0 Å². The van der Waals surface area contributed by atoms with Crippen molar-refractivity contribution in [3.63, 3.8) is 0 Å². The van der Waals surface area contributed by atoms with Gasteiger partial charge >= 0.3 is 11.9 Å². The summed E-state index contributed by atoms with van der Waals surface area (Å²) in [6, 6.07) is 6.11. The van der Waals surface area contributed by atoms with Crippen LogP contribution in [0.25, 0.3) is 6.08 Å². The molecule has 16 heavy (non-hydrogen) atoms. The molecule has 1 aromatic carbocycles. The van der Waals surface area contributed by atoms with Crippen LogP contribution in [0.5, 0.6) is 0 Å². The van der Waals surface area contributed by atoms with Gasteiger partial charge in [-0.25, -0.2) is 9.59 Å². The Morgan fingerprint density at radius 2 is 1.81 bits per heavy atom. The summed E-state index contributed by atoms with van der Waals surface area (Å²) in [6.07, 6.45) is 0.647. The molecule has 1 unspecified atom stereocenters. The van der Waals surface area contributed by atoms with Gasteiger partial charge in [-0.3, -0.25) is 0 Å². The lowest BCUT2D eigenvalue weighted by Crippen LogP contribution is -2.15. The first-order chi connectivity index (χ1) is 7.52. The molecule has 1 aromatic rings. The fourth-order valence-corrected chi connectivity index (χ4v) is 1.11. The molecule has 0 aromatic heterocycles. The minimum absolute atomic E-state index is 0.0522. The Morgan fingerprint density at radius 1 is 1.19 bits per heavy atom. The number of carboxylic acid groups (broad SMARTS) is 2. The van der Waals surface area contributed by atoms with E-state index >= 15 is 0 Å². The summed E-state index contributed by atoms with van der Waals surface area (Å²) in [7, 11) is 0. The molecule has 1 rings (SSSR count). The van der Waals surface area contributed by atoms with Crippen LogP contribution >= 0.6 is 0 Å². The minimum Gasteiger partial charge on any atom is -0.479 e. The van der Waals surface area contributed by atoms with Gasteiger partial charge in [0.1, 0.15) is 0 Å². The molecule has 0 heterocycles. The Hall–Kier alpha value is -2.14. The van der Waals surface area contributed by atoms with Crippen LogP contribution in [0.1, 0.15) is 15.9 Å². The molecule has 5 heteroatoms. The van der Waals surface area contributed by atoms with Crippen molar-refractivity contribution < 1.29 is 24.9 Å². The number of carboxylic acids is 2. The Labute approximate surface area is 91.3 Å². The van der Waals surface area contributed by atoms with Gasteiger partial charge in [-0.2, -0.15) is 0 Å². The summed E-state index contributed by atoms with van der Waals surface area (Å²) in [6.45, 7) is 0. The summed E-state index contributed by atoms with van der Waals surface area (Å²) in [5, 5.41) is 26.2. The topological polar surface area (TPSA) is 94.8 Å². The van der Waals surface area contributed by atoms with E-state index in [9.17, 15) is 9.59 Å². The molecule has 0 radical (unpaired) electrons. The second-order valence-corrected chi connectivity index (χ2v) is 3.03. The van der Waals surface area contributed by atoms with Gasteiger partial charge < -0.3 is 15.3 Å². The zero-order valence-corrected chi connectivity index (χ0v) is 8.20. The van der Waals surface area contributed by atoms with Crippen molar-refractivity contribution in [3.05, 3.63) is 41.5 Å². The van der Waals surface area contributed by atoms with Gasteiger partial charge in [0, 0.05) is 0 Å². The molecular weight excluding hydrogens is 212 g/mol. The number of aliphatic hydroxyl groups is 1. The van der Waals surface area contributed by atoms with Crippen molar-refractivity contribution in [2.75, 3.05) is 0 Å². The van der Waals surface area contributed by atoms with Gasteiger partial charge in [-0.15, -0.1) is 0 Å². The second kappa shape index (κ2) is 5.09. The zero-order chi connectivity index (χ0) is 12.1. The van der Waals surface area contributed by atoms with Crippen LogP contribution in [0.2, 0.25) is 0 Å². The molecule has 5 nitrogen and oxygen atoms in total. The van der Waals surface area contributed by atoms with Crippen LogP contribution < -0.4 is 0 Å². The summed E-state index contributed by atoms with van der Waals surface area (Å²) >= 11 is 0. The highest BCUT2D eigenvalue weighted by Crippen LogP contribution is 2.11. The molecule has 0 aliphatic rings. The number of rotatable bonds is 4. The summed E-state index contributed by atoms with van der Waals surface area (Å²) < 4.78 is 0. The highest BCUT2D eigenvalue weighted by Gasteiger charge is 2.10. The molecule has 1 atom stereocenters. The lowest BCUT2D eigenvalue weighted by Gasteiger charge is -2.01. The van der Waals surface area contributed by atoms with Crippen LogP contribution in [0.15, 0.2) is 30.3 Å². The molecule has 0 amide bonds. The van der Waals surface area contributed by atoms with Gasteiger partial charge in [-0.05, 0) is 17.7 Å². The predicted molar refractivity (Wildman–Crippen MR) is 56.1 cm³/mol. The second-order valence-electron chi connectivity index (χ2n) is 3.03. The van der Waals surface area contributed by atoms with E-state index in [-0.39, 0.29) is 5.56 Å². The van der Waals surface area contributed by atoms with E-state index in [0.29, 0.717) is 5.56 Å². The Bertz CT molecular complexity index is 436. The fraction of sp³-hybridized carbons (Fsp3) is 0.0909. The lowest BCUT2D eigenvalue weighted by atomic mass is 10.1. The fourth-order valence-electron chi connectivity index (χ4n) is 1.11. The Kier molecular flexibility index (Phi) is 3.79. The number of aliphatic carboxylic acids is 1. The maximum Gasteiger partial charge on any atom is 0.336 e. The van der Waals surface area contributed by atoms with Gasteiger partial charge in [0.05, 0.1) is 5.56 Å². The summed E-state index contributed by atoms with van der Waals surface area (Å²) in [5.74, 6) is -2.49. The SMILES string of the molecule is O=C(O)c1ccccc1/C=C/C(O)C(=O)O. The molecule has 84 valence electrons. The number of hydrogen-bond acceptors (Lipinski definition) is 3. The van der Waals surface area contributed by atoms with Gasteiger partial charge in [0.25, 0.3) is 0 Å². The van der Waals surface area contributed by atoms with Crippen molar-refractivity contribution in [1.82, 2.24) is 0 Å². The average Bonchev–Trinajstić information content (AvgIpc) is 2.25. The first-order valence-corrected chi connectivity index (χ1v) is 4.44. The molecule has 0 fully saturated rings. The number of hydrogen-bond donors (Lipinski definition) is 3. The van der Waals surface area contributed by atoms with Crippen molar-refractivity contribution in [2.45, 2.75) is 6.10 Å². The monoisotopic (exact) mass is 222 g/mol. The molecule has 0 spiro atoms. The van der Waals surface area contributed by atoms with Crippen molar-refractivity contribution in [3.8, 4) is 0 Å². The van der Waals surface area contributed by atoms with Gasteiger partial charge in [-0.1, -0.05) is 24.3 Å². The van der Waals surface area contributed by atoms with E-state index < -0.39 is 18.0 Å². The van der Waals surface area contributed by atoms with Crippen LogP contribution in [0.3, 0.4) is 0 Å². The molecule has 0 saturated carbocycles. The number of aromatic carboxylic acids is 1. The maximum atomic E-state index is 10.8. The normalized spacial score (nSPS) is 12.6. The number of aliphatic hydroxyl groups excluding tert-OH is 1. The maximum absolute atomic E-state index is 10.8. The van der Waals surface area contributed by atoms with E-state index in [4.69, 9.17) is 15.3 Å². The Balaban J connectivity index is 2.97. The minimum atomic E-state index is -1.64. The first-order valence-electron chi connectivity index (χ1n) is 4.44. The Morgan fingerprint density at radius 3 is 2.38 bits per heavy atom. The summed E-state index contributed by atoms with van der Waals surface area (Å²) in [4.78, 5) is 21.1. The lowest BCUT2D eigenvalue weighted by molar-refractivity contribution is -0.143. The highest BCUT2D eigenvalue weighted by molar-refractivity contribution is 5.92. The van der Waals surface area contributed by atoms with Crippen LogP contribution in [0, 0.1) is 0 Å². The van der Waals surface area contributed by atoms with Crippen LogP contribution in [-0.4, -0.2) is 33.4 Å². The molecule has 0 aliphatic heterocycles. The first kappa shape index (κ1) is 11.9. The smallest absolute Gasteiger partial charge is 0.336 e. The van der Waals surface area contributed by atoms with Crippen molar-refractivity contribution >= 4 is 18.0 Å². The van der Waals surface area contributed by atoms with E-state index in [0.717, 1.165) is 6.08 Å². The molecule has 0 bridgehead atoms. The number of carbonyl (C=O) groups is 2. The highest BCUT2D eigenvalue weighted by atomic mass is 16.4. The third-order valence-electron chi connectivity index (χ3n) is 1.90. The third-order valence-corrected chi connectivity index (χ3v) is 1.90. The van der Waals surface area contributed by atoms with Crippen LogP contribution in [-0.2, 0) is 4.79 Å². The molecule has 0 saturated heterocycles. The number of benzene rings is 1. The molecular formula is C11H10O5. The quantitative estimate of drug-likeness (QED) is 0.701. The molecule has 0 aliphatic carbocycles.